The largest absolute Gasteiger partial charge is 0.507 e. The van der Waals surface area contributed by atoms with Gasteiger partial charge in [0.1, 0.15) is 5.75 Å². The third-order valence-corrected chi connectivity index (χ3v) is 2.08. The fourth-order valence-electron chi connectivity index (χ4n) is 1.30. The summed E-state index contributed by atoms with van der Waals surface area (Å²) in [4.78, 5) is 10.0. The summed E-state index contributed by atoms with van der Waals surface area (Å²) in [7, 11) is 0. The third-order valence-electron chi connectivity index (χ3n) is 2.08. The number of non-ortho nitro benzene ring substituents is 1. The number of hydrogen-bond donors (Lipinski definition) is 2. The summed E-state index contributed by atoms with van der Waals surface area (Å²) in [6.45, 7) is 0. The van der Waals surface area contributed by atoms with Crippen LogP contribution in [0, 0.1) is 10.1 Å². The Hall–Kier alpha value is -2.57. The van der Waals surface area contributed by atoms with Gasteiger partial charge in [-0.15, -0.1) is 0 Å². The molecule has 1 aromatic carbocycles. The van der Waals surface area contributed by atoms with E-state index in [1.807, 2.05) is 0 Å². The smallest absolute Gasteiger partial charge is 0.270 e. The number of phenolic OH excluding ortho intramolecular Hbond substituents is 1. The number of nitrogens with two attached hydrogens (primary N) is 1. The zero-order chi connectivity index (χ0) is 11.7. The summed E-state index contributed by atoms with van der Waals surface area (Å²) in [5.74, 6) is -0.128. The van der Waals surface area contributed by atoms with Gasteiger partial charge in [-0.25, -0.2) is 0 Å². The van der Waals surface area contributed by atoms with Crippen molar-refractivity contribution >= 4 is 11.6 Å². The minimum absolute atomic E-state index is 0.00389. The Morgan fingerprint density at radius 2 is 2.19 bits per heavy atom. The summed E-state index contributed by atoms with van der Waals surface area (Å²) >= 11 is 0. The Morgan fingerprint density at radius 1 is 1.44 bits per heavy atom. The van der Waals surface area contributed by atoms with Gasteiger partial charge in [0.15, 0.2) is 0 Å². The monoisotopic (exact) mass is 221 g/mol. The molecule has 0 saturated heterocycles. The molecule has 3 N–H and O–H groups in total. The molecule has 2 aromatic rings. The Labute approximate surface area is 89.2 Å². The van der Waals surface area contributed by atoms with Gasteiger partial charge in [-0.2, -0.15) is 0 Å². The van der Waals surface area contributed by atoms with Crippen LogP contribution in [-0.4, -0.2) is 15.2 Å². The van der Waals surface area contributed by atoms with Gasteiger partial charge in [0.25, 0.3) is 5.69 Å². The molecule has 0 spiro atoms. The van der Waals surface area contributed by atoms with Crippen molar-refractivity contribution < 1.29 is 14.6 Å². The first kappa shape index (κ1) is 9.97. The van der Waals surface area contributed by atoms with Gasteiger partial charge in [0.05, 0.1) is 16.7 Å². The van der Waals surface area contributed by atoms with Gasteiger partial charge in [-0.1, -0.05) is 5.16 Å². The van der Waals surface area contributed by atoms with E-state index in [2.05, 4.69) is 9.68 Å². The van der Waals surface area contributed by atoms with Crippen molar-refractivity contribution in [2.45, 2.75) is 0 Å². The minimum atomic E-state index is -0.563. The van der Waals surface area contributed by atoms with Crippen LogP contribution in [0.4, 0.5) is 11.6 Å². The second-order valence-corrected chi connectivity index (χ2v) is 3.06. The van der Waals surface area contributed by atoms with Crippen molar-refractivity contribution in [2.75, 3.05) is 5.73 Å². The van der Waals surface area contributed by atoms with Crippen LogP contribution >= 0.6 is 0 Å². The number of aromatic nitrogens is 1. The average molecular weight is 221 g/mol. The summed E-state index contributed by atoms with van der Waals surface area (Å²) < 4.78 is 4.62. The first-order chi connectivity index (χ1) is 7.59. The van der Waals surface area contributed by atoms with Crippen LogP contribution in [0.1, 0.15) is 0 Å². The highest BCUT2D eigenvalue weighted by molar-refractivity contribution is 5.78. The first-order valence-corrected chi connectivity index (χ1v) is 4.27. The molecule has 7 nitrogen and oxygen atoms in total. The van der Waals surface area contributed by atoms with E-state index in [0.29, 0.717) is 5.56 Å². The van der Waals surface area contributed by atoms with Gasteiger partial charge in [0, 0.05) is 17.7 Å². The SMILES string of the molecule is Nc1oncc1-c1cc([N+](=O)[O-])ccc1O. The molecular formula is C9H7N3O4. The molecule has 0 fully saturated rings. The predicted octanol–water partition coefficient (Wildman–Crippen LogP) is 1.54. The van der Waals surface area contributed by atoms with Gasteiger partial charge < -0.3 is 15.4 Å². The average Bonchev–Trinajstić information content (AvgIpc) is 2.65. The van der Waals surface area contributed by atoms with E-state index >= 15 is 0 Å². The van der Waals surface area contributed by atoms with Crippen LogP contribution in [-0.2, 0) is 0 Å². The molecule has 1 aromatic heterocycles. The Bertz CT molecular complexity index is 549. The molecule has 7 heteroatoms. The molecule has 1 heterocycles. The van der Waals surface area contributed by atoms with Gasteiger partial charge >= 0.3 is 0 Å². The molecule has 2 rings (SSSR count). The Morgan fingerprint density at radius 3 is 2.75 bits per heavy atom. The molecule has 0 bridgehead atoms. The maximum atomic E-state index is 10.6. The normalized spacial score (nSPS) is 10.2. The van der Waals surface area contributed by atoms with E-state index in [0.717, 1.165) is 0 Å². The molecule has 0 aliphatic carbocycles. The standard InChI is InChI=1S/C9H7N3O4/c10-9-7(4-11-16-9)6-3-5(12(14)15)1-2-8(6)13/h1-4,13H,10H2. The highest BCUT2D eigenvalue weighted by Crippen LogP contribution is 2.35. The lowest BCUT2D eigenvalue weighted by Gasteiger charge is -2.01. The van der Waals surface area contributed by atoms with Crippen LogP contribution in [0.15, 0.2) is 28.9 Å². The lowest BCUT2D eigenvalue weighted by atomic mass is 10.1. The number of nitrogens with zero attached hydrogens (tertiary/aromatic N) is 2. The minimum Gasteiger partial charge on any atom is -0.507 e. The van der Waals surface area contributed by atoms with E-state index in [9.17, 15) is 15.2 Å². The fourth-order valence-corrected chi connectivity index (χ4v) is 1.30. The molecule has 0 amide bonds. The highest BCUT2D eigenvalue weighted by Gasteiger charge is 2.15. The lowest BCUT2D eigenvalue weighted by Crippen LogP contribution is -1.90. The van der Waals surface area contributed by atoms with Crippen molar-refractivity contribution in [3.05, 3.63) is 34.5 Å². The van der Waals surface area contributed by atoms with Gasteiger partial charge in [0.2, 0.25) is 5.88 Å². The zero-order valence-electron chi connectivity index (χ0n) is 7.95. The van der Waals surface area contributed by atoms with Crippen molar-refractivity contribution in [1.82, 2.24) is 5.16 Å². The molecule has 16 heavy (non-hydrogen) atoms. The van der Waals surface area contributed by atoms with Crippen LogP contribution in [0.25, 0.3) is 11.1 Å². The van der Waals surface area contributed by atoms with E-state index < -0.39 is 4.92 Å². The Kier molecular flexibility index (Phi) is 2.20. The number of benzene rings is 1. The number of phenols is 1. The molecule has 0 saturated carbocycles. The van der Waals surface area contributed by atoms with E-state index in [4.69, 9.17) is 5.73 Å². The second-order valence-electron chi connectivity index (χ2n) is 3.06. The second kappa shape index (κ2) is 3.54. The van der Waals surface area contributed by atoms with Crippen molar-refractivity contribution in [2.24, 2.45) is 0 Å². The van der Waals surface area contributed by atoms with E-state index in [-0.39, 0.29) is 22.9 Å². The van der Waals surface area contributed by atoms with Crippen LogP contribution < -0.4 is 5.73 Å². The molecule has 0 unspecified atom stereocenters. The summed E-state index contributed by atoms with van der Waals surface area (Å²) in [5, 5.41) is 23.6. The maximum Gasteiger partial charge on any atom is 0.270 e. The number of nitrogen functional groups attached to an aromatic ring is 1. The zero-order valence-corrected chi connectivity index (χ0v) is 7.95. The number of rotatable bonds is 2. The number of anilines is 1. The predicted molar refractivity (Wildman–Crippen MR) is 54.7 cm³/mol. The van der Waals surface area contributed by atoms with Gasteiger partial charge in [-0.05, 0) is 6.07 Å². The maximum absolute atomic E-state index is 10.6. The molecule has 0 atom stereocenters. The summed E-state index contributed by atoms with van der Waals surface area (Å²) in [5.41, 5.74) is 5.85. The molecule has 0 aliphatic rings. The van der Waals surface area contributed by atoms with E-state index in [1.54, 1.807) is 0 Å². The molecule has 82 valence electrons. The van der Waals surface area contributed by atoms with Crippen LogP contribution in [0.2, 0.25) is 0 Å². The Balaban J connectivity index is 2.60. The molecule has 0 aliphatic heterocycles. The summed E-state index contributed by atoms with van der Waals surface area (Å²) in [6.07, 6.45) is 1.29. The number of hydrogen-bond acceptors (Lipinski definition) is 6. The topological polar surface area (TPSA) is 115 Å². The summed E-state index contributed by atoms with van der Waals surface area (Å²) in [6, 6.07) is 3.63. The van der Waals surface area contributed by atoms with Crippen LogP contribution in [0.3, 0.4) is 0 Å². The number of aromatic hydroxyl groups is 1. The molecule has 0 radical (unpaired) electrons. The fraction of sp³-hybridized carbons (Fsp3) is 0. The lowest BCUT2D eigenvalue weighted by molar-refractivity contribution is -0.384. The van der Waals surface area contributed by atoms with E-state index in [1.165, 1.54) is 24.4 Å². The van der Waals surface area contributed by atoms with Crippen molar-refractivity contribution in [1.29, 1.82) is 0 Å². The van der Waals surface area contributed by atoms with Crippen molar-refractivity contribution in [3.8, 4) is 16.9 Å². The first-order valence-electron chi connectivity index (χ1n) is 4.27. The van der Waals surface area contributed by atoms with Gasteiger partial charge in [-0.3, -0.25) is 10.1 Å². The number of nitro groups is 1. The highest BCUT2D eigenvalue weighted by atomic mass is 16.6. The quantitative estimate of drug-likeness (QED) is 0.586. The van der Waals surface area contributed by atoms with Crippen LogP contribution in [0.5, 0.6) is 5.75 Å². The number of nitro benzene ring substituents is 1. The molecular weight excluding hydrogens is 214 g/mol. The third kappa shape index (κ3) is 1.54. The van der Waals surface area contributed by atoms with Crippen molar-refractivity contribution in [3.63, 3.8) is 0 Å².